The van der Waals surface area contributed by atoms with Gasteiger partial charge in [0.2, 0.25) is 0 Å². The van der Waals surface area contributed by atoms with Gasteiger partial charge in [0, 0.05) is 42.2 Å². The van der Waals surface area contributed by atoms with Crippen molar-refractivity contribution in [3.05, 3.63) is 50.7 Å². The number of hydrogen-bond donors (Lipinski definition) is 3. The summed E-state index contributed by atoms with van der Waals surface area (Å²) < 4.78 is 0. The molecule has 134 valence electrons. The lowest BCUT2D eigenvalue weighted by atomic mass is 9.94. The van der Waals surface area contributed by atoms with E-state index in [4.69, 9.17) is 4.98 Å². The zero-order valence-electron chi connectivity index (χ0n) is 15.2. The summed E-state index contributed by atoms with van der Waals surface area (Å²) in [4.78, 5) is 22.1. The molecule has 0 radical (unpaired) electrons. The van der Waals surface area contributed by atoms with Gasteiger partial charge in [0.1, 0.15) is 17.3 Å². The first-order chi connectivity index (χ1) is 11.6. The highest BCUT2D eigenvalue weighted by Gasteiger charge is 2.25. The molecule has 2 heterocycles. The maximum absolute atomic E-state index is 12.4. The van der Waals surface area contributed by atoms with Gasteiger partial charge in [-0.3, -0.25) is 9.69 Å². The molecule has 1 aromatic heterocycles. The van der Waals surface area contributed by atoms with Crippen molar-refractivity contribution in [1.82, 2.24) is 14.9 Å². The van der Waals surface area contributed by atoms with Crippen LogP contribution in [0.2, 0.25) is 0 Å². The molecular formula is C19H25N3O3. The Kier molecular flexibility index (Phi) is 4.33. The van der Waals surface area contributed by atoms with Crippen molar-refractivity contribution in [1.29, 1.82) is 0 Å². The van der Waals surface area contributed by atoms with E-state index in [1.807, 2.05) is 27.7 Å². The third-order valence-electron chi connectivity index (χ3n) is 4.68. The Bertz CT molecular complexity index is 842. The van der Waals surface area contributed by atoms with Crippen molar-refractivity contribution in [3.8, 4) is 11.5 Å². The van der Waals surface area contributed by atoms with Crippen molar-refractivity contribution in [2.24, 2.45) is 0 Å². The van der Waals surface area contributed by atoms with Crippen LogP contribution in [0.5, 0.6) is 11.5 Å². The molecule has 3 N–H and O–H groups in total. The first-order valence-corrected chi connectivity index (χ1v) is 8.51. The number of aromatic amines is 1. The SMILES string of the molecule is Cc1cc(O)cc(O)c1CN1CCc2c(nc(C(C)(C)C)[nH]c2=O)C1. The lowest BCUT2D eigenvalue weighted by molar-refractivity contribution is 0.235. The number of H-pyrrole nitrogens is 1. The van der Waals surface area contributed by atoms with Crippen molar-refractivity contribution in [3.63, 3.8) is 0 Å². The second-order valence-corrected chi connectivity index (χ2v) is 7.81. The molecule has 0 spiro atoms. The highest BCUT2D eigenvalue weighted by molar-refractivity contribution is 5.44. The number of aryl methyl sites for hydroxylation is 1. The number of fused-ring (bicyclic) bond motifs is 1. The summed E-state index contributed by atoms with van der Waals surface area (Å²) >= 11 is 0. The Morgan fingerprint density at radius 2 is 2.00 bits per heavy atom. The largest absolute Gasteiger partial charge is 0.508 e. The molecule has 0 atom stereocenters. The molecule has 1 aliphatic rings. The molecule has 0 amide bonds. The fraction of sp³-hybridized carbons (Fsp3) is 0.474. The molecule has 3 rings (SSSR count). The molecule has 6 heteroatoms. The van der Waals surface area contributed by atoms with E-state index in [9.17, 15) is 15.0 Å². The van der Waals surface area contributed by atoms with Gasteiger partial charge in [0.25, 0.3) is 5.56 Å². The van der Waals surface area contributed by atoms with Crippen LogP contribution in [0.15, 0.2) is 16.9 Å². The topological polar surface area (TPSA) is 89.4 Å². The van der Waals surface area contributed by atoms with Crippen molar-refractivity contribution in [2.45, 2.75) is 52.6 Å². The third-order valence-corrected chi connectivity index (χ3v) is 4.68. The molecule has 0 bridgehead atoms. The van der Waals surface area contributed by atoms with Gasteiger partial charge < -0.3 is 15.2 Å². The van der Waals surface area contributed by atoms with E-state index in [0.29, 0.717) is 25.3 Å². The lowest BCUT2D eigenvalue weighted by Gasteiger charge is -2.29. The Labute approximate surface area is 147 Å². The fourth-order valence-electron chi connectivity index (χ4n) is 3.19. The maximum atomic E-state index is 12.4. The number of benzene rings is 1. The van der Waals surface area contributed by atoms with Crippen molar-refractivity contribution in [2.75, 3.05) is 6.54 Å². The van der Waals surface area contributed by atoms with Gasteiger partial charge in [-0.1, -0.05) is 20.8 Å². The highest BCUT2D eigenvalue weighted by Crippen LogP contribution is 2.29. The highest BCUT2D eigenvalue weighted by atomic mass is 16.3. The molecule has 25 heavy (non-hydrogen) atoms. The average Bonchev–Trinajstić information content (AvgIpc) is 2.49. The fourth-order valence-corrected chi connectivity index (χ4v) is 3.19. The average molecular weight is 343 g/mol. The lowest BCUT2D eigenvalue weighted by Crippen LogP contribution is -2.36. The van der Waals surface area contributed by atoms with Crippen LogP contribution in [0, 0.1) is 6.92 Å². The number of aromatic hydroxyl groups is 2. The van der Waals surface area contributed by atoms with Crippen LogP contribution in [-0.2, 0) is 24.9 Å². The molecule has 0 saturated heterocycles. The Balaban J connectivity index is 1.89. The number of rotatable bonds is 2. The first-order valence-electron chi connectivity index (χ1n) is 8.51. The molecule has 1 aliphatic heterocycles. The number of aromatic nitrogens is 2. The summed E-state index contributed by atoms with van der Waals surface area (Å²) in [6, 6.07) is 3.01. The van der Waals surface area contributed by atoms with Gasteiger partial charge in [-0.25, -0.2) is 4.98 Å². The summed E-state index contributed by atoms with van der Waals surface area (Å²) in [5.41, 5.74) is 2.95. The Morgan fingerprint density at radius 3 is 2.64 bits per heavy atom. The van der Waals surface area contributed by atoms with E-state index in [1.54, 1.807) is 6.07 Å². The van der Waals surface area contributed by atoms with Crippen LogP contribution in [0.25, 0.3) is 0 Å². The summed E-state index contributed by atoms with van der Waals surface area (Å²) in [6.45, 7) is 9.79. The van der Waals surface area contributed by atoms with Crippen LogP contribution in [-0.4, -0.2) is 31.6 Å². The number of phenolic OH excluding ortho intramolecular Hbond substituents is 2. The van der Waals surface area contributed by atoms with E-state index in [2.05, 4.69) is 9.88 Å². The number of nitrogens with zero attached hydrogens (tertiary/aromatic N) is 2. The molecular weight excluding hydrogens is 318 g/mol. The van der Waals surface area contributed by atoms with Crippen LogP contribution in [0.3, 0.4) is 0 Å². The van der Waals surface area contributed by atoms with E-state index in [0.717, 1.165) is 28.9 Å². The van der Waals surface area contributed by atoms with Gasteiger partial charge in [-0.15, -0.1) is 0 Å². The molecule has 1 aromatic carbocycles. The molecule has 0 unspecified atom stereocenters. The monoisotopic (exact) mass is 343 g/mol. The van der Waals surface area contributed by atoms with Gasteiger partial charge in [0.05, 0.1) is 5.69 Å². The van der Waals surface area contributed by atoms with Crippen molar-refractivity contribution >= 4 is 0 Å². The number of hydrogen-bond acceptors (Lipinski definition) is 5. The van der Waals surface area contributed by atoms with E-state index >= 15 is 0 Å². The number of phenols is 2. The van der Waals surface area contributed by atoms with Gasteiger partial charge in [0.15, 0.2) is 0 Å². The molecule has 0 saturated carbocycles. The summed E-state index contributed by atoms with van der Waals surface area (Å²) in [5, 5.41) is 19.7. The minimum Gasteiger partial charge on any atom is -0.508 e. The predicted molar refractivity (Wildman–Crippen MR) is 95.9 cm³/mol. The van der Waals surface area contributed by atoms with Crippen LogP contribution < -0.4 is 5.56 Å². The smallest absolute Gasteiger partial charge is 0.254 e. The zero-order valence-corrected chi connectivity index (χ0v) is 15.2. The van der Waals surface area contributed by atoms with Gasteiger partial charge in [-0.2, -0.15) is 0 Å². The van der Waals surface area contributed by atoms with E-state index < -0.39 is 0 Å². The second-order valence-electron chi connectivity index (χ2n) is 7.81. The quantitative estimate of drug-likeness (QED) is 0.779. The summed E-state index contributed by atoms with van der Waals surface area (Å²) in [7, 11) is 0. The van der Waals surface area contributed by atoms with Crippen LogP contribution in [0.4, 0.5) is 0 Å². The first kappa shape index (κ1) is 17.5. The summed E-state index contributed by atoms with van der Waals surface area (Å²) in [5.74, 6) is 0.852. The molecule has 2 aromatic rings. The molecule has 0 fully saturated rings. The van der Waals surface area contributed by atoms with Crippen molar-refractivity contribution < 1.29 is 10.2 Å². The Hall–Kier alpha value is -2.34. The maximum Gasteiger partial charge on any atom is 0.254 e. The number of nitrogens with one attached hydrogen (secondary N) is 1. The van der Waals surface area contributed by atoms with Gasteiger partial charge >= 0.3 is 0 Å². The van der Waals surface area contributed by atoms with Crippen LogP contribution in [0.1, 0.15) is 49.0 Å². The third kappa shape index (κ3) is 3.54. The van der Waals surface area contributed by atoms with E-state index in [-0.39, 0.29) is 22.5 Å². The second kappa shape index (κ2) is 6.19. The normalized spacial score (nSPS) is 15.2. The summed E-state index contributed by atoms with van der Waals surface area (Å²) in [6.07, 6.45) is 0.639. The predicted octanol–water partition coefficient (Wildman–Crippen LogP) is 2.35. The van der Waals surface area contributed by atoms with Gasteiger partial charge in [-0.05, 0) is 25.0 Å². The molecule has 6 nitrogen and oxygen atoms in total. The molecule has 0 aliphatic carbocycles. The standard InChI is InChI=1S/C19H25N3O3/c1-11-7-12(23)8-16(24)14(11)9-22-6-5-13-15(10-22)20-18(19(2,3)4)21-17(13)25/h7-8,23-24H,5-6,9-10H2,1-4H3,(H,20,21,25). The minimum absolute atomic E-state index is 0.0433. The zero-order chi connectivity index (χ0) is 18.4. The Morgan fingerprint density at radius 1 is 1.28 bits per heavy atom. The minimum atomic E-state index is -0.220. The van der Waals surface area contributed by atoms with Crippen LogP contribution >= 0.6 is 0 Å². The van der Waals surface area contributed by atoms with E-state index in [1.165, 1.54) is 6.07 Å².